The molecule has 0 aliphatic carbocycles. The summed E-state index contributed by atoms with van der Waals surface area (Å²) in [7, 11) is 0. The number of ether oxygens (including phenoxy) is 7. The van der Waals surface area contributed by atoms with Crippen LogP contribution in [0.15, 0.2) is 0 Å². The Hall–Kier alpha value is -0.880. The molecule has 77 heavy (non-hydrogen) atoms. The summed E-state index contributed by atoms with van der Waals surface area (Å²) in [6, 6.07) is -0.452. The minimum Gasteiger partial charge on any atom is -0.393 e. The highest BCUT2D eigenvalue weighted by atomic mass is 16.7. The van der Waals surface area contributed by atoms with Crippen molar-refractivity contribution in [3.05, 3.63) is 0 Å². The van der Waals surface area contributed by atoms with Gasteiger partial charge in [0.1, 0.15) is 44.8 Å². The number of hydrogen-bond donors (Lipinski definition) is 15. The average molecular weight is 1110 g/mol. The maximum Gasteiger partial charge on any atom is 0.189 e. The molecule has 22 nitrogen and oxygen atoms in total. The number of hydrogen-bond acceptors (Lipinski definition) is 22. The van der Waals surface area contributed by atoms with Gasteiger partial charge in [0.2, 0.25) is 0 Å². The summed E-state index contributed by atoms with van der Waals surface area (Å²) in [6.07, 6.45) is 7.28. The van der Waals surface area contributed by atoms with Crippen LogP contribution in [0.4, 0.5) is 0 Å². The summed E-state index contributed by atoms with van der Waals surface area (Å²) in [5.74, 6) is -1.72. The van der Waals surface area contributed by atoms with E-state index in [4.69, 9.17) is 50.4 Å². The third-order valence-corrected chi connectivity index (χ3v) is 15.4. The summed E-state index contributed by atoms with van der Waals surface area (Å²) in [6.45, 7) is 30.8. The minimum absolute atomic E-state index is 0.00756. The van der Waals surface area contributed by atoms with Crippen LogP contribution in [0, 0.1) is 0 Å². The fourth-order valence-corrected chi connectivity index (χ4v) is 9.27. The van der Waals surface area contributed by atoms with Crippen molar-refractivity contribution >= 4 is 0 Å². The standard InChI is InChI=1S/C55H119N9O13/c1-44(67)34-73-49(7,45(2)58)41-71-40-48(6,36-64-33-21-31-62-27-17-15-25-60-29-19-23-57)76-52(10,38-66)74-43-51(9)54(12,69)55(13,70)53(11,68)50(8,77-51)42-72-39-47(5,75-46(3,4)37-65)35-63-32-20-30-61-26-16-14-24-59-28-18-22-56/h44-45,59-70H,14-43,56-58H2,1-13H3. The SMILES string of the molecule is CC(O)COC(C)(COCC(C)(CNCCCNCCCCNCCCN)OC(C)(CO)OCC1(C)OC(C)(COCC(C)(CNCCCNCCCCNCCCN)OC(C)(C)CO)C(C)(O)C(C)(O)C1(C)O)C(C)N. The van der Waals surface area contributed by atoms with Gasteiger partial charge in [0.25, 0.3) is 0 Å². The molecule has 18 N–H and O–H groups in total. The summed E-state index contributed by atoms with van der Waals surface area (Å²) in [5, 5.41) is 88.9. The van der Waals surface area contributed by atoms with E-state index in [9.17, 15) is 30.6 Å². The number of nitrogens with two attached hydrogens (primary N) is 3. The first-order valence-corrected chi connectivity index (χ1v) is 28.9. The van der Waals surface area contributed by atoms with Gasteiger partial charge in [-0.25, -0.2) is 0 Å². The molecule has 1 rings (SSSR count). The quantitative estimate of drug-likeness (QED) is 0.0280. The van der Waals surface area contributed by atoms with Crippen LogP contribution in [0.1, 0.15) is 141 Å². The molecule has 0 spiro atoms. The topological polar surface area (TPSA) is 336 Å². The zero-order chi connectivity index (χ0) is 58.6. The molecule has 462 valence electrons. The van der Waals surface area contributed by atoms with E-state index in [1.807, 2.05) is 27.7 Å². The van der Waals surface area contributed by atoms with Gasteiger partial charge in [-0.15, -0.1) is 0 Å². The molecule has 0 aromatic rings. The molecular weight excluding hydrogens is 995 g/mol. The summed E-state index contributed by atoms with van der Waals surface area (Å²) in [4.78, 5) is 0. The van der Waals surface area contributed by atoms with Crippen molar-refractivity contribution in [3.63, 3.8) is 0 Å². The van der Waals surface area contributed by atoms with Crippen LogP contribution in [-0.2, 0) is 33.2 Å². The lowest BCUT2D eigenvalue weighted by Crippen LogP contribution is -2.85. The number of nitrogens with one attached hydrogen (secondary N) is 6. The summed E-state index contributed by atoms with van der Waals surface area (Å²) < 4.78 is 45.2. The smallest absolute Gasteiger partial charge is 0.189 e. The van der Waals surface area contributed by atoms with Crippen LogP contribution in [-0.4, -0.2) is 243 Å². The fraction of sp³-hybridized carbons (Fsp3) is 1.00. The Morgan fingerprint density at radius 3 is 1.32 bits per heavy atom. The Morgan fingerprint density at radius 2 is 0.909 bits per heavy atom. The molecule has 1 aliphatic rings. The molecule has 0 bridgehead atoms. The average Bonchev–Trinajstić information content (AvgIpc) is 3.34. The van der Waals surface area contributed by atoms with E-state index in [2.05, 4.69) is 31.9 Å². The van der Waals surface area contributed by atoms with Crippen LogP contribution in [0.25, 0.3) is 0 Å². The van der Waals surface area contributed by atoms with E-state index < -0.39 is 81.6 Å². The monoisotopic (exact) mass is 1110 g/mol. The Labute approximate surface area is 465 Å². The number of unbranched alkanes of at least 4 members (excludes halogenated alkanes) is 2. The van der Waals surface area contributed by atoms with E-state index in [0.29, 0.717) is 32.7 Å². The largest absolute Gasteiger partial charge is 0.393 e. The molecule has 1 aliphatic heterocycles. The maximum absolute atomic E-state index is 12.4. The van der Waals surface area contributed by atoms with Crippen molar-refractivity contribution in [2.24, 2.45) is 17.2 Å². The van der Waals surface area contributed by atoms with Crippen molar-refractivity contribution in [1.29, 1.82) is 0 Å². The zero-order valence-corrected chi connectivity index (χ0v) is 50.6. The fourth-order valence-electron chi connectivity index (χ4n) is 9.27. The van der Waals surface area contributed by atoms with Gasteiger partial charge in [-0.3, -0.25) is 0 Å². The van der Waals surface area contributed by atoms with Crippen LogP contribution < -0.4 is 49.1 Å². The lowest BCUT2D eigenvalue weighted by Gasteiger charge is -2.66. The van der Waals surface area contributed by atoms with Crippen molar-refractivity contribution < 1.29 is 63.8 Å². The van der Waals surface area contributed by atoms with Crippen LogP contribution in [0.2, 0.25) is 0 Å². The predicted octanol–water partition coefficient (Wildman–Crippen LogP) is -0.0541. The second kappa shape index (κ2) is 35.3. The Kier molecular flexibility index (Phi) is 34.0. The third-order valence-electron chi connectivity index (χ3n) is 15.4. The Morgan fingerprint density at radius 1 is 0.506 bits per heavy atom. The molecule has 0 aromatic heterocycles. The minimum atomic E-state index is -2.23. The maximum atomic E-state index is 12.4. The van der Waals surface area contributed by atoms with Crippen molar-refractivity contribution in [2.75, 3.05) is 144 Å². The van der Waals surface area contributed by atoms with E-state index in [1.165, 1.54) is 20.8 Å². The summed E-state index contributed by atoms with van der Waals surface area (Å²) >= 11 is 0. The second-order valence-electron chi connectivity index (χ2n) is 24.4. The lowest BCUT2D eigenvalue weighted by molar-refractivity contribution is -0.418. The van der Waals surface area contributed by atoms with Gasteiger partial charge in [-0.05, 0) is 220 Å². The van der Waals surface area contributed by atoms with E-state index in [1.54, 1.807) is 41.5 Å². The lowest BCUT2D eigenvalue weighted by atomic mass is 9.58. The van der Waals surface area contributed by atoms with Gasteiger partial charge >= 0.3 is 0 Å². The van der Waals surface area contributed by atoms with Crippen molar-refractivity contribution in [3.8, 4) is 0 Å². The van der Waals surface area contributed by atoms with Gasteiger partial charge in [-0.1, -0.05) is 0 Å². The number of aliphatic hydroxyl groups is 6. The van der Waals surface area contributed by atoms with E-state index in [-0.39, 0.29) is 46.2 Å². The van der Waals surface area contributed by atoms with Gasteiger partial charge in [-0.2, -0.15) is 0 Å². The summed E-state index contributed by atoms with van der Waals surface area (Å²) in [5.41, 5.74) is 3.62. The van der Waals surface area contributed by atoms with Gasteiger partial charge in [0, 0.05) is 19.1 Å². The molecule has 0 amide bonds. The number of rotatable bonds is 49. The highest BCUT2D eigenvalue weighted by Crippen LogP contribution is 2.54. The Bertz CT molecular complexity index is 1540. The Balaban J connectivity index is 3.24. The zero-order valence-electron chi connectivity index (χ0n) is 50.6. The molecule has 1 fully saturated rings. The van der Waals surface area contributed by atoms with Crippen LogP contribution in [0.3, 0.4) is 0 Å². The molecule has 1 heterocycles. The number of aliphatic hydroxyl groups excluding tert-OH is 3. The third kappa shape index (κ3) is 25.2. The predicted molar refractivity (Wildman–Crippen MR) is 305 cm³/mol. The van der Waals surface area contributed by atoms with Gasteiger partial charge in [0.05, 0.1) is 64.6 Å². The van der Waals surface area contributed by atoms with Crippen molar-refractivity contribution in [1.82, 2.24) is 31.9 Å². The highest BCUT2D eigenvalue weighted by molar-refractivity contribution is 5.24. The first-order chi connectivity index (χ1) is 35.8. The van der Waals surface area contributed by atoms with Gasteiger partial charge < -0.3 is 113 Å². The van der Waals surface area contributed by atoms with Crippen molar-refractivity contribution in [2.45, 2.75) is 210 Å². The molecule has 0 aromatic carbocycles. The second-order valence-corrected chi connectivity index (χ2v) is 24.4. The molecule has 11 unspecified atom stereocenters. The first kappa shape index (κ1) is 74.1. The van der Waals surface area contributed by atoms with E-state index >= 15 is 0 Å². The van der Waals surface area contributed by atoms with Crippen LogP contribution >= 0.6 is 0 Å². The first-order valence-electron chi connectivity index (χ1n) is 28.9. The highest BCUT2D eigenvalue weighted by Gasteiger charge is 2.74. The molecule has 11 atom stereocenters. The van der Waals surface area contributed by atoms with E-state index in [0.717, 1.165) is 104 Å². The molecular formula is C55H119N9O13. The molecule has 0 radical (unpaired) electrons. The normalized spacial score (nSPS) is 27.2. The molecule has 1 saturated heterocycles. The molecule has 0 saturated carbocycles. The van der Waals surface area contributed by atoms with Gasteiger partial charge in [0.15, 0.2) is 5.79 Å². The molecule has 22 heteroatoms. The van der Waals surface area contributed by atoms with Crippen LogP contribution in [0.5, 0.6) is 0 Å².